The molecule has 0 saturated carbocycles. The molecule has 0 radical (unpaired) electrons. The predicted molar refractivity (Wildman–Crippen MR) is 79.9 cm³/mol. The molecule has 0 fully saturated rings. The smallest absolute Gasteiger partial charge is 0.126 e. The minimum Gasteiger partial charge on any atom is -0.464 e. The Morgan fingerprint density at radius 2 is 2.26 bits per heavy atom. The number of fused-ring (bicyclic) bond motifs is 1. The van der Waals surface area contributed by atoms with Crippen LogP contribution >= 0.6 is 11.3 Å². The van der Waals surface area contributed by atoms with E-state index in [4.69, 9.17) is 4.42 Å². The molecule has 2 nitrogen and oxygen atoms in total. The van der Waals surface area contributed by atoms with E-state index in [9.17, 15) is 0 Å². The summed E-state index contributed by atoms with van der Waals surface area (Å²) >= 11 is 1.96. The van der Waals surface area contributed by atoms with Crippen LogP contribution in [-0.2, 0) is 12.8 Å². The molecular formula is C16H21NOS. The average Bonchev–Trinajstić information content (AvgIpc) is 3.05. The zero-order chi connectivity index (χ0) is 13.2. The van der Waals surface area contributed by atoms with Crippen LogP contribution in [0.5, 0.6) is 0 Å². The van der Waals surface area contributed by atoms with Gasteiger partial charge in [-0.15, -0.1) is 11.3 Å². The lowest BCUT2D eigenvalue weighted by atomic mass is 10.1. The van der Waals surface area contributed by atoms with Crippen LogP contribution in [0.3, 0.4) is 0 Å². The minimum atomic E-state index is 0.226. The molecule has 0 saturated heterocycles. The molecule has 0 spiro atoms. The Morgan fingerprint density at radius 3 is 2.95 bits per heavy atom. The van der Waals surface area contributed by atoms with Gasteiger partial charge in [-0.2, -0.15) is 0 Å². The van der Waals surface area contributed by atoms with Crippen LogP contribution in [0.4, 0.5) is 0 Å². The highest BCUT2D eigenvalue weighted by Gasteiger charge is 2.23. The summed E-state index contributed by atoms with van der Waals surface area (Å²) in [4.78, 5) is 2.99. The highest BCUT2D eigenvalue weighted by Crippen LogP contribution is 2.36. The Morgan fingerprint density at radius 1 is 1.37 bits per heavy atom. The SMILES string of the molecule is CCCNC(c1ccc(C)o1)c1cc2c(s1)CCC2. The highest BCUT2D eigenvalue weighted by molar-refractivity contribution is 7.12. The molecule has 2 heterocycles. The lowest BCUT2D eigenvalue weighted by Gasteiger charge is -2.14. The first-order chi connectivity index (χ1) is 9.28. The van der Waals surface area contributed by atoms with Crippen molar-refractivity contribution in [3.05, 3.63) is 45.0 Å². The van der Waals surface area contributed by atoms with Crippen LogP contribution in [0.15, 0.2) is 22.6 Å². The van der Waals surface area contributed by atoms with Gasteiger partial charge in [-0.25, -0.2) is 0 Å². The van der Waals surface area contributed by atoms with E-state index in [0.717, 1.165) is 24.5 Å². The molecule has 3 rings (SSSR count). The molecule has 1 N–H and O–H groups in total. The third kappa shape index (κ3) is 2.63. The Hall–Kier alpha value is -1.06. The van der Waals surface area contributed by atoms with E-state index in [1.54, 1.807) is 10.4 Å². The van der Waals surface area contributed by atoms with Gasteiger partial charge in [0.1, 0.15) is 17.6 Å². The van der Waals surface area contributed by atoms with Gasteiger partial charge in [-0.3, -0.25) is 0 Å². The van der Waals surface area contributed by atoms with Gasteiger partial charge < -0.3 is 9.73 Å². The molecule has 0 amide bonds. The van der Waals surface area contributed by atoms with E-state index in [-0.39, 0.29) is 6.04 Å². The zero-order valence-electron chi connectivity index (χ0n) is 11.7. The maximum atomic E-state index is 5.84. The van der Waals surface area contributed by atoms with Crippen LogP contribution in [0.25, 0.3) is 0 Å². The molecule has 1 atom stereocenters. The topological polar surface area (TPSA) is 25.2 Å². The Kier molecular flexibility index (Phi) is 3.76. The van der Waals surface area contributed by atoms with Crippen molar-refractivity contribution in [2.45, 2.75) is 45.6 Å². The monoisotopic (exact) mass is 275 g/mol. The molecule has 2 aromatic rings. The van der Waals surface area contributed by atoms with E-state index in [1.165, 1.54) is 24.1 Å². The standard InChI is InChI=1S/C16H21NOS/c1-3-9-17-16(13-8-7-11(2)18-13)15-10-12-5-4-6-14(12)19-15/h7-8,10,16-17H,3-6,9H2,1-2H3. The summed E-state index contributed by atoms with van der Waals surface area (Å²) in [6.07, 6.45) is 4.98. The fourth-order valence-electron chi connectivity index (χ4n) is 2.73. The summed E-state index contributed by atoms with van der Waals surface area (Å²) in [6.45, 7) is 5.23. The molecule has 102 valence electrons. The molecule has 1 aliphatic rings. The number of aryl methyl sites for hydroxylation is 3. The number of thiophene rings is 1. The number of furan rings is 1. The fourth-order valence-corrected chi connectivity index (χ4v) is 4.07. The van der Waals surface area contributed by atoms with Gasteiger partial charge in [0.25, 0.3) is 0 Å². The summed E-state index contributed by atoms with van der Waals surface area (Å²) in [5.41, 5.74) is 1.56. The molecule has 2 aromatic heterocycles. The van der Waals surface area contributed by atoms with Gasteiger partial charge >= 0.3 is 0 Å². The third-order valence-electron chi connectivity index (χ3n) is 3.69. The van der Waals surface area contributed by atoms with Gasteiger partial charge in [0.05, 0.1) is 0 Å². The van der Waals surface area contributed by atoms with Crippen molar-refractivity contribution in [2.24, 2.45) is 0 Å². The molecule has 1 unspecified atom stereocenters. The predicted octanol–water partition coefficient (Wildman–Crippen LogP) is 4.23. The first-order valence-corrected chi connectivity index (χ1v) is 8.00. The Labute approximate surface area is 118 Å². The number of rotatable bonds is 5. The van der Waals surface area contributed by atoms with Gasteiger partial charge in [0, 0.05) is 9.75 Å². The first kappa shape index (κ1) is 12.9. The van der Waals surface area contributed by atoms with E-state index in [1.807, 2.05) is 18.3 Å². The second kappa shape index (κ2) is 5.51. The van der Waals surface area contributed by atoms with E-state index >= 15 is 0 Å². The van der Waals surface area contributed by atoms with Crippen molar-refractivity contribution >= 4 is 11.3 Å². The van der Waals surface area contributed by atoms with E-state index in [0.29, 0.717) is 0 Å². The minimum absolute atomic E-state index is 0.226. The second-order valence-electron chi connectivity index (χ2n) is 5.29. The molecule has 0 bridgehead atoms. The van der Waals surface area contributed by atoms with Crippen LogP contribution in [0, 0.1) is 6.92 Å². The van der Waals surface area contributed by atoms with Crippen LogP contribution < -0.4 is 5.32 Å². The lowest BCUT2D eigenvalue weighted by molar-refractivity contribution is 0.433. The summed E-state index contributed by atoms with van der Waals surface area (Å²) < 4.78 is 5.84. The van der Waals surface area contributed by atoms with Gasteiger partial charge in [0.2, 0.25) is 0 Å². The number of nitrogens with one attached hydrogen (secondary N) is 1. The molecule has 0 aliphatic heterocycles. The second-order valence-corrected chi connectivity index (χ2v) is 6.45. The van der Waals surface area contributed by atoms with Gasteiger partial charge in [0.15, 0.2) is 0 Å². The van der Waals surface area contributed by atoms with Crippen molar-refractivity contribution in [1.82, 2.24) is 5.32 Å². The van der Waals surface area contributed by atoms with Crippen molar-refractivity contribution in [1.29, 1.82) is 0 Å². The molecule has 0 aromatic carbocycles. The van der Waals surface area contributed by atoms with Gasteiger partial charge in [-0.05, 0) is 62.9 Å². The molecule has 3 heteroatoms. The molecule has 1 aliphatic carbocycles. The number of hydrogen-bond acceptors (Lipinski definition) is 3. The Bertz CT molecular complexity index is 533. The van der Waals surface area contributed by atoms with E-state index in [2.05, 4.69) is 30.4 Å². The summed E-state index contributed by atoms with van der Waals surface area (Å²) in [6, 6.07) is 6.77. The maximum Gasteiger partial charge on any atom is 0.126 e. The van der Waals surface area contributed by atoms with Crippen LogP contribution in [-0.4, -0.2) is 6.54 Å². The first-order valence-electron chi connectivity index (χ1n) is 7.19. The van der Waals surface area contributed by atoms with Crippen molar-refractivity contribution in [3.8, 4) is 0 Å². The lowest BCUT2D eigenvalue weighted by Crippen LogP contribution is -2.21. The molecular weight excluding hydrogens is 254 g/mol. The summed E-state index contributed by atoms with van der Waals surface area (Å²) in [5.74, 6) is 2.04. The fraction of sp³-hybridized carbons (Fsp3) is 0.500. The largest absolute Gasteiger partial charge is 0.464 e. The van der Waals surface area contributed by atoms with Crippen LogP contribution in [0.1, 0.15) is 52.6 Å². The van der Waals surface area contributed by atoms with Crippen molar-refractivity contribution < 1.29 is 4.42 Å². The van der Waals surface area contributed by atoms with E-state index < -0.39 is 0 Å². The highest BCUT2D eigenvalue weighted by atomic mass is 32.1. The van der Waals surface area contributed by atoms with Crippen LogP contribution in [0.2, 0.25) is 0 Å². The number of hydrogen-bond donors (Lipinski definition) is 1. The average molecular weight is 275 g/mol. The maximum absolute atomic E-state index is 5.84. The van der Waals surface area contributed by atoms with Crippen molar-refractivity contribution in [2.75, 3.05) is 6.54 Å². The summed E-state index contributed by atoms with van der Waals surface area (Å²) in [5, 5.41) is 3.62. The Balaban J connectivity index is 1.89. The third-order valence-corrected chi connectivity index (χ3v) is 5.00. The van der Waals surface area contributed by atoms with Gasteiger partial charge in [-0.1, -0.05) is 6.92 Å². The summed E-state index contributed by atoms with van der Waals surface area (Å²) in [7, 11) is 0. The molecule has 19 heavy (non-hydrogen) atoms. The normalized spacial score (nSPS) is 15.7. The quantitative estimate of drug-likeness (QED) is 0.883. The zero-order valence-corrected chi connectivity index (χ0v) is 12.5. The van der Waals surface area contributed by atoms with Crippen molar-refractivity contribution in [3.63, 3.8) is 0 Å².